The van der Waals surface area contributed by atoms with Gasteiger partial charge in [-0.3, -0.25) is 4.79 Å². The Morgan fingerprint density at radius 3 is 2.71 bits per heavy atom. The summed E-state index contributed by atoms with van der Waals surface area (Å²) in [5.74, 6) is -1.20. The van der Waals surface area contributed by atoms with E-state index in [1.54, 1.807) is 6.92 Å². The number of nitrogens with two attached hydrogens (primary N) is 1. The molecule has 0 saturated carbocycles. The standard InChI is InChI=1S/C10H13ClN2O3S/c1-2-13-10(14)6-17(15,16)9-5-7(11)3-4-8(9)12/h3-5H,2,6,12H2,1H3,(H,13,14). The van der Waals surface area contributed by atoms with E-state index >= 15 is 0 Å². The summed E-state index contributed by atoms with van der Waals surface area (Å²) in [6.07, 6.45) is 0. The van der Waals surface area contributed by atoms with E-state index in [0.29, 0.717) is 6.54 Å². The van der Waals surface area contributed by atoms with Crippen molar-refractivity contribution in [2.45, 2.75) is 11.8 Å². The summed E-state index contributed by atoms with van der Waals surface area (Å²) in [4.78, 5) is 11.1. The first kappa shape index (κ1) is 13.8. The highest BCUT2D eigenvalue weighted by Crippen LogP contribution is 2.23. The molecule has 0 atom stereocenters. The molecule has 0 aliphatic heterocycles. The molecule has 1 aromatic rings. The van der Waals surface area contributed by atoms with Crippen LogP contribution in [-0.4, -0.2) is 26.6 Å². The predicted octanol–water partition coefficient (Wildman–Crippen LogP) is 0.832. The molecule has 0 saturated heterocycles. The molecule has 0 fully saturated rings. The third kappa shape index (κ3) is 3.61. The fourth-order valence-corrected chi connectivity index (χ4v) is 2.85. The van der Waals surface area contributed by atoms with Crippen LogP contribution in [-0.2, 0) is 14.6 Å². The molecule has 0 aliphatic carbocycles. The van der Waals surface area contributed by atoms with Crippen LogP contribution in [0.5, 0.6) is 0 Å². The molecular weight excluding hydrogens is 264 g/mol. The van der Waals surface area contributed by atoms with Gasteiger partial charge in [-0.05, 0) is 25.1 Å². The fraction of sp³-hybridized carbons (Fsp3) is 0.300. The summed E-state index contributed by atoms with van der Waals surface area (Å²) in [6.45, 7) is 2.08. The number of amides is 1. The molecule has 0 heterocycles. The SMILES string of the molecule is CCNC(=O)CS(=O)(=O)c1cc(Cl)ccc1N. The summed E-state index contributed by atoms with van der Waals surface area (Å²) in [5.41, 5.74) is 5.64. The summed E-state index contributed by atoms with van der Waals surface area (Å²) in [7, 11) is -3.76. The molecule has 0 radical (unpaired) electrons. The molecule has 5 nitrogen and oxygen atoms in total. The van der Waals surface area contributed by atoms with Crippen molar-refractivity contribution in [2.75, 3.05) is 18.0 Å². The van der Waals surface area contributed by atoms with Crippen LogP contribution in [0.15, 0.2) is 23.1 Å². The average molecular weight is 277 g/mol. The molecule has 0 bridgehead atoms. The lowest BCUT2D eigenvalue weighted by Gasteiger charge is -2.07. The van der Waals surface area contributed by atoms with E-state index in [9.17, 15) is 13.2 Å². The minimum atomic E-state index is -3.76. The van der Waals surface area contributed by atoms with Crippen LogP contribution in [0.4, 0.5) is 5.69 Å². The number of carbonyl (C=O) groups is 1. The zero-order valence-corrected chi connectivity index (χ0v) is 10.8. The summed E-state index contributed by atoms with van der Waals surface area (Å²) < 4.78 is 23.8. The Morgan fingerprint density at radius 1 is 1.47 bits per heavy atom. The van der Waals surface area contributed by atoms with Gasteiger partial charge in [0.2, 0.25) is 5.91 Å². The van der Waals surface area contributed by atoms with Crippen molar-refractivity contribution >= 4 is 33.0 Å². The van der Waals surface area contributed by atoms with Crippen molar-refractivity contribution < 1.29 is 13.2 Å². The molecule has 7 heteroatoms. The van der Waals surface area contributed by atoms with Gasteiger partial charge in [-0.2, -0.15) is 0 Å². The molecule has 1 aromatic carbocycles. The van der Waals surface area contributed by atoms with Gasteiger partial charge in [0.25, 0.3) is 0 Å². The van der Waals surface area contributed by atoms with Crippen molar-refractivity contribution in [2.24, 2.45) is 0 Å². The van der Waals surface area contributed by atoms with Crippen molar-refractivity contribution in [3.8, 4) is 0 Å². The molecule has 1 amide bonds. The van der Waals surface area contributed by atoms with Crippen molar-refractivity contribution in [1.82, 2.24) is 5.32 Å². The van der Waals surface area contributed by atoms with E-state index < -0.39 is 21.5 Å². The number of anilines is 1. The van der Waals surface area contributed by atoms with Crippen LogP contribution in [0.3, 0.4) is 0 Å². The number of nitrogen functional groups attached to an aromatic ring is 1. The zero-order valence-electron chi connectivity index (χ0n) is 9.23. The van der Waals surface area contributed by atoms with Crippen LogP contribution in [0.25, 0.3) is 0 Å². The van der Waals surface area contributed by atoms with Crippen molar-refractivity contribution in [3.05, 3.63) is 23.2 Å². The lowest BCUT2D eigenvalue weighted by atomic mass is 10.3. The van der Waals surface area contributed by atoms with Crippen LogP contribution in [0.2, 0.25) is 5.02 Å². The van der Waals surface area contributed by atoms with Gasteiger partial charge in [0, 0.05) is 11.6 Å². The molecule has 3 N–H and O–H groups in total. The highest BCUT2D eigenvalue weighted by Gasteiger charge is 2.21. The van der Waals surface area contributed by atoms with E-state index in [1.807, 2.05) is 0 Å². The zero-order chi connectivity index (χ0) is 13.1. The molecule has 0 unspecified atom stereocenters. The Morgan fingerprint density at radius 2 is 2.12 bits per heavy atom. The van der Waals surface area contributed by atoms with Gasteiger partial charge in [0.05, 0.1) is 10.6 Å². The summed E-state index contributed by atoms with van der Waals surface area (Å²) >= 11 is 5.70. The molecule has 94 valence electrons. The Labute approximate surface area is 105 Å². The minimum absolute atomic E-state index is 0.0821. The quantitative estimate of drug-likeness (QED) is 0.797. The van der Waals surface area contributed by atoms with Gasteiger partial charge in [-0.25, -0.2) is 8.42 Å². The van der Waals surface area contributed by atoms with Gasteiger partial charge >= 0.3 is 0 Å². The first-order chi connectivity index (χ1) is 7.86. The van der Waals surface area contributed by atoms with Crippen LogP contribution in [0, 0.1) is 0 Å². The first-order valence-corrected chi connectivity index (χ1v) is 6.94. The molecule has 17 heavy (non-hydrogen) atoms. The van der Waals surface area contributed by atoms with Gasteiger partial charge < -0.3 is 11.1 Å². The summed E-state index contributed by atoms with van der Waals surface area (Å²) in [5, 5.41) is 2.67. The van der Waals surface area contributed by atoms with Crippen molar-refractivity contribution in [1.29, 1.82) is 0 Å². The smallest absolute Gasteiger partial charge is 0.235 e. The Bertz CT molecular complexity index is 528. The first-order valence-electron chi connectivity index (χ1n) is 4.91. The minimum Gasteiger partial charge on any atom is -0.398 e. The Hall–Kier alpha value is -1.27. The van der Waals surface area contributed by atoms with Crippen molar-refractivity contribution in [3.63, 3.8) is 0 Å². The highest BCUT2D eigenvalue weighted by atomic mass is 35.5. The van der Waals surface area contributed by atoms with Gasteiger partial charge in [-0.1, -0.05) is 11.6 Å². The van der Waals surface area contributed by atoms with Gasteiger partial charge in [-0.15, -0.1) is 0 Å². The number of hydrogen-bond acceptors (Lipinski definition) is 4. The average Bonchev–Trinajstić information content (AvgIpc) is 2.21. The number of rotatable bonds is 4. The lowest BCUT2D eigenvalue weighted by Crippen LogP contribution is -2.30. The topological polar surface area (TPSA) is 89.3 Å². The van der Waals surface area contributed by atoms with E-state index in [2.05, 4.69) is 5.32 Å². The van der Waals surface area contributed by atoms with Gasteiger partial charge in [0.15, 0.2) is 9.84 Å². The van der Waals surface area contributed by atoms with E-state index in [4.69, 9.17) is 17.3 Å². The predicted molar refractivity (Wildman–Crippen MR) is 66.6 cm³/mol. The van der Waals surface area contributed by atoms with E-state index in [-0.39, 0.29) is 15.6 Å². The van der Waals surface area contributed by atoms with E-state index in [1.165, 1.54) is 18.2 Å². The monoisotopic (exact) mass is 276 g/mol. The third-order valence-electron chi connectivity index (χ3n) is 2.01. The number of benzene rings is 1. The largest absolute Gasteiger partial charge is 0.398 e. The highest BCUT2D eigenvalue weighted by molar-refractivity contribution is 7.92. The Kier molecular flexibility index (Phi) is 4.36. The number of nitrogens with one attached hydrogen (secondary N) is 1. The maximum Gasteiger partial charge on any atom is 0.235 e. The third-order valence-corrected chi connectivity index (χ3v) is 3.91. The summed E-state index contributed by atoms with van der Waals surface area (Å²) in [6, 6.07) is 4.13. The molecule has 0 spiro atoms. The van der Waals surface area contributed by atoms with Crippen LogP contribution >= 0.6 is 11.6 Å². The maximum absolute atomic E-state index is 11.9. The second kappa shape index (κ2) is 5.37. The fourth-order valence-electron chi connectivity index (χ4n) is 1.28. The number of halogens is 1. The molecular formula is C10H13ClN2O3S. The number of carbonyl (C=O) groups excluding carboxylic acids is 1. The van der Waals surface area contributed by atoms with Crippen LogP contribution < -0.4 is 11.1 Å². The second-order valence-electron chi connectivity index (χ2n) is 3.39. The normalized spacial score (nSPS) is 11.2. The maximum atomic E-state index is 11.9. The number of sulfone groups is 1. The second-order valence-corrected chi connectivity index (χ2v) is 5.79. The van der Waals surface area contributed by atoms with Gasteiger partial charge in [0.1, 0.15) is 5.75 Å². The Balaban J connectivity index is 3.05. The van der Waals surface area contributed by atoms with Crippen LogP contribution in [0.1, 0.15) is 6.92 Å². The molecule has 1 rings (SSSR count). The lowest BCUT2D eigenvalue weighted by molar-refractivity contribution is -0.118. The molecule has 0 aromatic heterocycles. The number of hydrogen-bond donors (Lipinski definition) is 2. The van der Waals surface area contributed by atoms with E-state index in [0.717, 1.165) is 0 Å². The molecule has 0 aliphatic rings.